The lowest BCUT2D eigenvalue weighted by atomic mass is 9.82. The maximum atomic E-state index is 13.3. The fourth-order valence-electron chi connectivity index (χ4n) is 7.29. The summed E-state index contributed by atoms with van der Waals surface area (Å²) in [4.78, 5) is 13.4. The van der Waals surface area contributed by atoms with E-state index in [2.05, 4.69) is 81.3 Å². The molecule has 1 saturated carbocycles. The van der Waals surface area contributed by atoms with E-state index in [4.69, 9.17) is 4.74 Å². The molecule has 0 spiro atoms. The predicted molar refractivity (Wildman–Crippen MR) is 233 cm³/mol. The standard InChI is InChI=1S/C48H51N4O4S/c1-5-48(2,3)47(53)56-45-19-13-12-18-44(45)52-43-31-30-41(42-32-39(28-29-40(42)43)57(54,55)49-4)46(33-20-24-37(25-21-33)50-35-14-8-6-9-15-35)34-22-26-38(27-23-34)51-36-16-10-7-11-17-36/h6-11,14-17,20-32,44-45,49-52H,5,12-13,18-19H2,1-4H3/q+1. The molecule has 292 valence electrons. The van der Waals surface area contributed by atoms with Crippen molar-refractivity contribution in [3.8, 4) is 0 Å². The number of ether oxygens (including phenoxy) is 1. The Bertz CT molecular complexity index is 2320. The molecular formula is C48H51N4O4S+. The summed E-state index contributed by atoms with van der Waals surface area (Å²) in [5.74, 6) is 0.773. The van der Waals surface area contributed by atoms with Gasteiger partial charge in [0.2, 0.25) is 10.0 Å². The van der Waals surface area contributed by atoms with Crippen LogP contribution in [-0.4, -0.2) is 33.6 Å². The third kappa shape index (κ3) is 9.11. The second-order valence-corrected chi connectivity index (χ2v) is 17.2. The number of sulfonamides is 1. The molecule has 9 heteroatoms. The number of nitrogens with one attached hydrogen (secondary N) is 4. The van der Waals surface area contributed by atoms with E-state index in [1.165, 1.54) is 7.05 Å². The minimum atomic E-state index is -3.76. The van der Waals surface area contributed by atoms with Crippen LogP contribution in [0.4, 0.5) is 28.4 Å². The molecule has 0 bridgehead atoms. The number of hydrogen-bond acceptors (Lipinski definition) is 7. The summed E-state index contributed by atoms with van der Waals surface area (Å²) in [6, 6.07) is 46.1. The van der Waals surface area contributed by atoms with Crippen molar-refractivity contribution in [2.45, 2.75) is 69.9 Å². The molecule has 0 aliphatic heterocycles. The van der Waals surface area contributed by atoms with E-state index in [9.17, 15) is 13.2 Å². The fourth-order valence-corrected chi connectivity index (χ4v) is 8.05. The third-order valence-corrected chi connectivity index (χ3v) is 12.5. The first-order valence-electron chi connectivity index (χ1n) is 19.7. The molecule has 57 heavy (non-hydrogen) atoms. The summed E-state index contributed by atoms with van der Waals surface area (Å²) in [6.07, 6.45) is 4.06. The normalized spacial score (nSPS) is 15.8. The van der Waals surface area contributed by atoms with E-state index in [1.54, 1.807) is 12.1 Å². The van der Waals surface area contributed by atoms with Crippen molar-refractivity contribution in [2.24, 2.45) is 5.41 Å². The van der Waals surface area contributed by atoms with Crippen molar-refractivity contribution in [1.82, 2.24) is 4.72 Å². The number of benzene rings is 6. The number of carbonyl (C=O) groups is 1. The molecule has 1 fully saturated rings. The Morgan fingerprint density at radius 3 is 1.79 bits per heavy atom. The van der Waals surface area contributed by atoms with Gasteiger partial charge in [-0.15, -0.1) is 0 Å². The monoisotopic (exact) mass is 779 g/mol. The number of para-hydroxylation sites is 2. The smallest absolute Gasteiger partial charge is 0.311 e. The molecule has 2 atom stereocenters. The molecule has 2 unspecified atom stereocenters. The SMILES string of the molecule is CCC(C)(C)C(=O)OC1CCCCC1Nc1ccc([C+](c2ccc(Nc3ccccc3)cc2)c2ccc(Nc3ccccc3)cc2)c2cc(S(=O)(=O)NC)ccc12. The van der Waals surface area contributed by atoms with Gasteiger partial charge in [0.1, 0.15) is 6.10 Å². The van der Waals surface area contributed by atoms with Crippen LogP contribution in [-0.2, 0) is 19.6 Å². The zero-order valence-electron chi connectivity index (χ0n) is 33.0. The van der Waals surface area contributed by atoms with Gasteiger partial charge in [0.15, 0.2) is 0 Å². The van der Waals surface area contributed by atoms with E-state index in [-0.39, 0.29) is 23.0 Å². The summed E-state index contributed by atoms with van der Waals surface area (Å²) < 4.78 is 35.3. The van der Waals surface area contributed by atoms with Gasteiger partial charge in [0.05, 0.1) is 44.6 Å². The average Bonchev–Trinajstić information content (AvgIpc) is 3.24. The van der Waals surface area contributed by atoms with Crippen molar-refractivity contribution < 1.29 is 17.9 Å². The first-order valence-corrected chi connectivity index (χ1v) is 21.2. The molecule has 0 aromatic heterocycles. The topological polar surface area (TPSA) is 109 Å². The second kappa shape index (κ2) is 17.2. The Kier molecular flexibility index (Phi) is 11.9. The van der Waals surface area contributed by atoms with Gasteiger partial charge in [-0.05, 0) is 150 Å². The van der Waals surface area contributed by atoms with Gasteiger partial charge in [-0.2, -0.15) is 0 Å². The van der Waals surface area contributed by atoms with E-state index >= 15 is 0 Å². The van der Waals surface area contributed by atoms with Crippen molar-refractivity contribution >= 4 is 55.2 Å². The van der Waals surface area contributed by atoms with Crippen LogP contribution in [0, 0.1) is 11.3 Å². The highest BCUT2D eigenvalue weighted by atomic mass is 32.2. The Hall–Kier alpha value is -5.77. The number of esters is 1. The van der Waals surface area contributed by atoms with E-state index in [0.29, 0.717) is 6.42 Å². The second-order valence-electron chi connectivity index (χ2n) is 15.3. The molecule has 0 heterocycles. The summed E-state index contributed by atoms with van der Waals surface area (Å²) in [6.45, 7) is 5.86. The van der Waals surface area contributed by atoms with Crippen molar-refractivity contribution in [3.63, 3.8) is 0 Å². The third-order valence-electron chi connectivity index (χ3n) is 11.0. The summed E-state index contributed by atoms with van der Waals surface area (Å²) in [7, 11) is -2.34. The van der Waals surface area contributed by atoms with Gasteiger partial charge >= 0.3 is 5.97 Å². The maximum absolute atomic E-state index is 13.3. The van der Waals surface area contributed by atoms with Gasteiger partial charge in [0, 0.05) is 33.5 Å². The number of fused-ring (bicyclic) bond motifs is 1. The zero-order chi connectivity index (χ0) is 40.0. The first kappa shape index (κ1) is 39.5. The molecule has 6 aromatic carbocycles. The number of anilines is 5. The highest BCUT2D eigenvalue weighted by molar-refractivity contribution is 7.89. The summed E-state index contributed by atoms with van der Waals surface area (Å²) in [5, 5.41) is 12.4. The fraction of sp³-hybridized carbons (Fsp3) is 0.250. The summed E-state index contributed by atoms with van der Waals surface area (Å²) >= 11 is 0. The van der Waals surface area contributed by atoms with Crippen molar-refractivity contribution in [3.05, 3.63) is 162 Å². The van der Waals surface area contributed by atoms with Gasteiger partial charge < -0.3 is 20.7 Å². The molecule has 4 N–H and O–H groups in total. The lowest BCUT2D eigenvalue weighted by Gasteiger charge is -2.35. The Labute approximate surface area is 337 Å². The van der Waals surface area contributed by atoms with Crippen molar-refractivity contribution in [1.29, 1.82) is 0 Å². The largest absolute Gasteiger partial charge is 0.460 e. The average molecular weight is 780 g/mol. The molecule has 0 amide bonds. The molecule has 8 nitrogen and oxygen atoms in total. The Morgan fingerprint density at radius 1 is 0.702 bits per heavy atom. The first-order chi connectivity index (χ1) is 27.5. The van der Waals surface area contributed by atoms with Gasteiger partial charge in [-0.25, -0.2) is 13.1 Å². The molecule has 0 radical (unpaired) electrons. The Morgan fingerprint density at radius 2 is 1.25 bits per heavy atom. The van der Waals surface area contributed by atoms with Crippen LogP contribution in [0.25, 0.3) is 10.8 Å². The quantitative estimate of drug-likeness (QED) is 0.0495. The molecule has 1 aliphatic carbocycles. The van der Waals surface area contributed by atoms with Crippen LogP contribution < -0.4 is 20.7 Å². The van der Waals surface area contributed by atoms with Crippen LogP contribution in [0.1, 0.15) is 69.6 Å². The molecule has 1 aliphatic rings. The van der Waals surface area contributed by atoms with Crippen LogP contribution in [0.3, 0.4) is 0 Å². The lowest BCUT2D eigenvalue weighted by Crippen LogP contribution is -2.42. The van der Waals surface area contributed by atoms with Gasteiger partial charge in [-0.1, -0.05) is 49.7 Å². The zero-order valence-corrected chi connectivity index (χ0v) is 33.8. The maximum Gasteiger partial charge on any atom is 0.311 e. The molecule has 6 aromatic rings. The van der Waals surface area contributed by atoms with Crippen LogP contribution >= 0.6 is 0 Å². The number of rotatable bonds is 14. The highest BCUT2D eigenvalue weighted by Gasteiger charge is 2.35. The minimum Gasteiger partial charge on any atom is -0.460 e. The summed E-state index contributed by atoms with van der Waals surface area (Å²) in [5.41, 5.74) is 7.00. The van der Waals surface area contributed by atoms with Crippen LogP contribution in [0.15, 0.2) is 144 Å². The van der Waals surface area contributed by atoms with Crippen LogP contribution in [0.2, 0.25) is 0 Å². The van der Waals surface area contributed by atoms with E-state index in [1.807, 2.05) is 87.5 Å². The van der Waals surface area contributed by atoms with E-state index < -0.39 is 15.4 Å². The number of hydrogen-bond donors (Lipinski definition) is 4. The lowest BCUT2D eigenvalue weighted by molar-refractivity contribution is -0.161. The van der Waals surface area contributed by atoms with E-state index in [0.717, 1.165) is 87.5 Å². The predicted octanol–water partition coefficient (Wildman–Crippen LogP) is 11.0. The Balaban J connectivity index is 1.32. The molecule has 7 rings (SSSR count). The van der Waals surface area contributed by atoms with Crippen LogP contribution in [0.5, 0.6) is 0 Å². The minimum absolute atomic E-state index is 0.0945. The highest BCUT2D eigenvalue weighted by Crippen LogP contribution is 2.41. The van der Waals surface area contributed by atoms with Gasteiger partial charge in [-0.3, -0.25) is 4.79 Å². The molecular weight excluding hydrogens is 729 g/mol. The molecule has 0 saturated heterocycles. The van der Waals surface area contributed by atoms with Crippen molar-refractivity contribution in [2.75, 3.05) is 23.0 Å². The number of carbonyl (C=O) groups excluding carboxylic acids is 1. The van der Waals surface area contributed by atoms with Gasteiger partial charge in [0.25, 0.3) is 0 Å².